The fourth-order valence-corrected chi connectivity index (χ4v) is 2.62. The smallest absolute Gasteiger partial charge is 0.255 e. The third-order valence-corrected chi connectivity index (χ3v) is 3.74. The van der Waals surface area contributed by atoms with Crippen LogP contribution in [0.15, 0.2) is 67.0 Å². The number of benzene rings is 2. The summed E-state index contributed by atoms with van der Waals surface area (Å²) < 4.78 is 1.80. The second kappa shape index (κ2) is 5.04. The molecule has 4 rings (SSSR count). The van der Waals surface area contributed by atoms with Gasteiger partial charge in [0.05, 0.1) is 11.3 Å². The van der Waals surface area contributed by atoms with E-state index < -0.39 is 0 Å². The van der Waals surface area contributed by atoms with E-state index in [1.54, 1.807) is 10.9 Å². The maximum absolute atomic E-state index is 12.2. The number of para-hydroxylation sites is 1. The van der Waals surface area contributed by atoms with Crippen LogP contribution in [0.4, 0.5) is 5.69 Å². The molecule has 1 unspecified atom stereocenters. The predicted octanol–water partition coefficient (Wildman–Crippen LogP) is 2.73. The summed E-state index contributed by atoms with van der Waals surface area (Å²) in [5.41, 5.74) is 3.51. The van der Waals surface area contributed by atoms with Gasteiger partial charge in [0.25, 0.3) is 5.91 Å². The second-order valence-electron chi connectivity index (χ2n) is 5.14. The molecule has 22 heavy (non-hydrogen) atoms. The molecule has 1 atom stereocenters. The normalized spacial score (nSPS) is 16.5. The van der Waals surface area contributed by atoms with Crippen LogP contribution in [0.2, 0.25) is 0 Å². The second-order valence-corrected chi connectivity index (χ2v) is 5.14. The van der Waals surface area contributed by atoms with Crippen LogP contribution in [-0.4, -0.2) is 15.7 Å². The highest BCUT2D eigenvalue weighted by Gasteiger charge is 2.23. The van der Waals surface area contributed by atoms with E-state index in [1.807, 2.05) is 60.8 Å². The molecule has 0 radical (unpaired) electrons. The van der Waals surface area contributed by atoms with Crippen LogP contribution >= 0.6 is 0 Å². The number of carbonyl (C=O) groups excluding carboxylic acids is 1. The zero-order valence-electron chi connectivity index (χ0n) is 11.7. The Morgan fingerprint density at radius 1 is 0.955 bits per heavy atom. The van der Waals surface area contributed by atoms with Crippen molar-refractivity contribution in [3.63, 3.8) is 0 Å². The summed E-state index contributed by atoms with van der Waals surface area (Å²) >= 11 is 0. The molecule has 2 heterocycles. The average Bonchev–Trinajstić information content (AvgIpc) is 3.09. The summed E-state index contributed by atoms with van der Waals surface area (Å²) in [4.78, 5) is 12.2. The van der Waals surface area contributed by atoms with Gasteiger partial charge in [-0.3, -0.25) is 4.79 Å². The Bertz CT molecular complexity index is 809. The molecule has 1 amide bonds. The van der Waals surface area contributed by atoms with Gasteiger partial charge in [0.1, 0.15) is 6.17 Å². The van der Waals surface area contributed by atoms with Crippen LogP contribution in [0, 0.1) is 0 Å². The van der Waals surface area contributed by atoms with Gasteiger partial charge in [0.15, 0.2) is 0 Å². The van der Waals surface area contributed by atoms with Crippen molar-refractivity contribution < 1.29 is 4.79 Å². The van der Waals surface area contributed by atoms with Crippen LogP contribution in [0.3, 0.4) is 0 Å². The van der Waals surface area contributed by atoms with Gasteiger partial charge in [-0.15, -0.1) is 0 Å². The molecule has 0 bridgehead atoms. The fourth-order valence-electron chi connectivity index (χ4n) is 2.62. The summed E-state index contributed by atoms with van der Waals surface area (Å²) in [5.74, 6) is -0.0597. The van der Waals surface area contributed by atoms with Gasteiger partial charge in [-0.25, -0.2) is 4.68 Å². The summed E-state index contributed by atoms with van der Waals surface area (Å²) in [5, 5.41) is 10.5. The van der Waals surface area contributed by atoms with Crippen molar-refractivity contribution in [2.75, 3.05) is 5.32 Å². The zero-order valence-corrected chi connectivity index (χ0v) is 11.7. The van der Waals surface area contributed by atoms with E-state index in [4.69, 9.17) is 0 Å². The molecule has 5 nitrogen and oxygen atoms in total. The lowest BCUT2D eigenvalue weighted by Crippen LogP contribution is -2.38. The molecule has 0 spiro atoms. The summed E-state index contributed by atoms with van der Waals surface area (Å²) in [6.45, 7) is 0. The summed E-state index contributed by atoms with van der Waals surface area (Å²) in [7, 11) is 0. The number of nitrogens with zero attached hydrogens (tertiary/aromatic N) is 2. The van der Waals surface area contributed by atoms with Crippen molar-refractivity contribution in [1.82, 2.24) is 15.1 Å². The number of fused-ring (bicyclic) bond motifs is 1. The molecule has 1 aliphatic rings. The van der Waals surface area contributed by atoms with E-state index in [0.29, 0.717) is 5.56 Å². The maximum atomic E-state index is 12.2. The summed E-state index contributed by atoms with van der Waals surface area (Å²) in [6, 6.07) is 17.3. The lowest BCUT2D eigenvalue weighted by molar-refractivity contribution is 0.0935. The lowest BCUT2D eigenvalue weighted by atomic mass is 10.1. The van der Waals surface area contributed by atoms with E-state index >= 15 is 0 Å². The molecular formula is C17H14N4O. The van der Waals surface area contributed by atoms with Gasteiger partial charge < -0.3 is 10.6 Å². The van der Waals surface area contributed by atoms with Crippen molar-refractivity contribution in [1.29, 1.82) is 0 Å². The molecule has 0 aliphatic carbocycles. The van der Waals surface area contributed by atoms with Gasteiger partial charge >= 0.3 is 0 Å². The van der Waals surface area contributed by atoms with Crippen LogP contribution in [0.1, 0.15) is 22.1 Å². The molecule has 3 aromatic rings. The molecule has 2 aromatic carbocycles. The Balaban J connectivity index is 1.62. The molecule has 0 fully saturated rings. The van der Waals surface area contributed by atoms with E-state index in [9.17, 15) is 4.79 Å². The van der Waals surface area contributed by atoms with Crippen LogP contribution in [0.25, 0.3) is 5.69 Å². The minimum Gasteiger partial charge on any atom is -0.361 e. The molecule has 0 saturated heterocycles. The fraction of sp³-hybridized carbons (Fsp3) is 0.0588. The first-order chi connectivity index (χ1) is 10.8. The molecular weight excluding hydrogens is 276 g/mol. The third-order valence-electron chi connectivity index (χ3n) is 3.74. The number of hydrogen-bond donors (Lipinski definition) is 2. The van der Waals surface area contributed by atoms with Gasteiger partial charge in [-0.1, -0.05) is 24.3 Å². The first kappa shape index (κ1) is 12.6. The Hall–Kier alpha value is -3.08. The number of nitrogens with one attached hydrogen (secondary N) is 2. The number of carbonyl (C=O) groups is 1. The first-order valence-corrected chi connectivity index (χ1v) is 7.08. The van der Waals surface area contributed by atoms with Crippen molar-refractivity contribution in [3.05, 3.63) is 78.1 Å². The van der Waals surface area contributed by atoms with Crippen molar-refractivity contribution in [2.45, 2.75) is 6.17 Å². The highest BCUT2D eigenvalue weighted by atomic mass is 16.2. The standard InChI is InChI=1S/C17H14N4O/c22-17-14-4-1-2-5-15(14)19-16(20-17)12-6-8-13(9-7-12)21-11-3-10-18-21/h1-11,16,19H,(H,20,22). The van der Waals surface area contributed by atoms with Crippen molar-refractivity contribution in [2.24, 2.45) is 0 Å². The number of aromatic nitrogens is 2. The Morgan fingerprint density at radius 2 is 1.77 bits per heavy atom. The van der Waals surface area contributed by atoms with Gasteiger partial charge in [-0.2, -0.15) is 5.10 Å². The number of anilines is 1. The van der Waals surface area contributed by atoms with Gasteiger partial charge in [0, 0.05) is 18.1 Å². The SMILES string of the molecule is O=C1NC(c2ccc(-n3cccn3)cc2)Nc2ccccc21. The number of hydrogen-bond acceptors (Lipinski definition) is 3. The van der Waals surface area contributed by atoms with E-state index in [0.717, 1.165) is 16.9 Å². The predicted molar refractivity (Wildman–Crippen MR) is 83.8 cm³/mol. The molecule has 108 valence electrons. The highest BCUT2D eigenvalue weighted by Crippen LogP contribution is 2.26. The van der Waals surface area contributed by atoms with Crippen LogP contribution < -0.4 is 10.6 Å². The minimum absolute atomic E-state index is 0.0597. The Morgan fingerprint density at radius 3 is 2.55 bits per heavy atom. The quantitative estimate of drug-likeness (QED) is 0.763. The number of rotatable bonds is 2. The molecule has 5 heteroatoms. The average molecular weight is 290 g/mol. The highest BCUT2D eigenvalue weighted by molar-refractivity contribution is 6.01. The molecule has 2 N–H and O–H groups in total. The first-order valence-electron chi connectivity index (χ1n) is 7.08. The third kappa shape index (κ3) is 2.13. The van der Waals surface area contributed by atoms with Crippen LogP contribution in [-0.2, 0) is 0 Å². The van der Waals surface area contributed by atoms with Crippen LogP contribution in [0.5, 0.6) is 0 Å². The topological polar surface area (TPSA) is 59.0 Å². The monoisotopic (exact) mass is 290 g/mol. The van der Waals surface area contributed by atoms with E-state index in [2.05, 4.69) is 15.7 Å². The number of amides is 1. The molecule has 1 aromatic heterocycles. The van der Waals surface area contributed by atoms with Crippen molar-refractivity contribution >= 4 is 11.6 Å². The Kier molecular flexibility index (Phi) is 2.89. The van der Waals surface area contributed by atoms with E-state index in [1.165, 1.54) is 0 Å². The summed E-state index contributed by atoms with van der Waals surface area (Å²) in [6.07, 6.45) is 3.41. The minimum atomic E-state index is -0.228. The Labute approximate surface area is 127 Å². The molecule has 1 aliphatic heterocycles. The maximum Gasteiger partial charge on any atom is 0.255 e. The lowest BCUT2D eigenvalue weighted by Gasteiger charge is -2.28. The van der Waals surface area contributed by atoms with Gasteiger partial charge in [-0.05, 0) is 35.9 Å². The largest absolute Gasteiger partial charge is 0.361 e. The van der Waals surface area contributed by atoms with Crippen molar-refractivity contribution in [3.8, 4) is 5.69 Å². The zero-order chi connectivity index (χ0) is 14.9. The molecule has 0 saturated carbocycles. The van der Waals surface area contributed by atoms with E-state index in [-0.39, 0.29) is 12.1 Å². The van der Waals surface area contributed by atoms with Gasteiger partial charge in [0.2, 0.25) is 0 Å².